The number of hydrogen-bond acceptors (Lipinski definition) is 4. The van der Waals surface area contributed by atoms with Crippen molar-refractivity contribution in [1.82, 2.24) is 0 Å². The molecule has 3 aromatic rings. The molecule has 296 valence electrons. The SMILES string of the molecule is CCCCC(CC)Cc1ccc(C)c(C)c1OP(=O)(Oc1c(CC(CC)CCCC)ccc(C)c1C)Oc1c(CC(CC)CCCC)ccc(C)c1C. The Bertz CT molecular complexity index is 1440. The third kappa shape index (κ3) is 12.7. The smallest absolute Gasteiger partial charge is 0.385 e. The molecule has 0 saturated carbocycles. The summed E-state index contributed by atoms with van der Waals surface area (Å²) in [5, 5.41) is 0. The summed E-state index contributed by atoms with van der Waals surface area (Å²) in [5.41, 5.74) is 9.46. The molecular weight excluding hydrogens is 671 g/mol. The third-order valence-corrected chi connectivity index (χ3v) is 13.3. The summed E-state index contributed by atoms with van der Waals surface area (Å²) in [6.45, 7) is 26.1. The zero-order valence-corrected chi connectivity index (χ0v) is 36.8. The predicted molar refractivity (Wildman–Crippen MR) is 228 cm³/mol. The Balaban J connectivity index is 2.26. The summed E-state index contributed by atoms with van der Waals surface area (Å²) in [6.07, 6.45) is 16.4. The van der Waals surface area contributed by atoms with Crippen molar-refractivity contribution in [3.05, 3.63) is 86.5 Å². The second-order valence-electron chi connectivity index (χ2n) is 16.1. The van der Waals surface area contributed by atoms with Crippen molar-refractivity contribution in [2.45, 2.75) is 179 Å². The lowest BCUT2D eigenvalue weighted by Gasteiger charge is -2.28. The van der Waals surface area contributed by atoms with E-state index in [9.17, 15) is 0 Å². The molecule has 3 aromatic carbocycles. The highest BCUT2D eigenvalue weighted by atomic mass is 31.2. The molecule has 0 bridgehead atoms. The van der Waals surface area contributed by atoms with Crippen LogP contribution in [0, 0.1) is 59.3 Å². The van der Waals surface area contributed by atoms with Crippen LogP contribution >= 0.6 is 7.82 Å². The molecule has 0 saturated heterocycles. The Kier molecular flexibility index (Phi) is 18.5. The zero-order chi connectivity index (χ0) is 39.1. The summed E-state index contributed by atoms with van der Waals surface area (Å²) in [7, 11) is -4.33. The van der Waals surface area contributed by atoms with Gasteiger partial charge in [0.2, 0.25) is 0 Å². The van der Waals surface area contributed by atoms with Gasteiger partial charge in [0.05, 0.1) is 0 Å². The molecule has 0 amide bonds. The molecule has 0 aromatic heterocycles. The van der Waals surface area contributed by atoms with E-state index < -0.39 is 7.82 Å². The molecule has 5 heteroatoms. The maximum atomic E-state index is 15.9. The molecule has 4 nitrogen and oxygen atoms in total. The lowest BCUT2D eigenvalue weighted by Crippen LogP contribution is -2.15. The fourth-order valence-electron chi connectivity index (χ4n) is 7.56. The molecule has 0 N–H and O–H groups in total. The van der Waals surface area contributed by atoms with Crippen molar-refractivity contribution in [3.8, 4) is 17.2 Å². The van der Waals surface area contributed by atoms with Gasteiger partial charge < -0.3 is 13.6 Å². The Labute approximate surface area is 325 Å². The van der Waals surface area contributed by atoms with E-state index in [0.717, 1.165) is 108 Å². The van der Waals surface area contributed by atoms with Crippen LogP contribution < -0.4 is 13.6 Å². The zero-order valence-electron chi connectivity index (χ0n) is 35.9. The van der Waals surface area contributed by atoms with Gasteiger partial charge in [-0.2, -0.15) is 4.57 Å². The van der Waals surface area contributed by atoms with Crippen molar-refractivity contribution in [3.63, 3.8) is 0 Å². The van der Waals surface area contributed by atoms with Gasteiger partial charge in [0.15, 0.2) is 0 Å². The number of unbranched alkanes of at least 4 members (excludes halogenated alkanes) is 3. The van der Waals surface area contributed by atoms with Crippen molar-refractivity contribution < 1.29 is 18.1 Å². The van der Waals surface area contributed by atoms with E-state index in [1.54, 1.807) is 0 Å². The van der Waals surface area contributed by atoms with Gasteiger partial charge in [-0.15, -0.1) is 0 Å². The molecular formula is C48H75O4P. The minimum atomic E-state index is -4.33. The maximum absolute atomic E-state index is 15.9. The molecule has 0 aliphatic heterocycles. The van der Waals surface area contributed by atoms with Crippen molar-refractivity contribution in [2.24, 2.45) is 17.8 Å². The van der Waals surface area contributed by atoms with Gasteiger partial charge in [0.25, 0.3) is 0 Å². The van der Waals surface area contributed by atoms with Gasteiger partial charge in [0, 0.05) is 0 Å². The Morgan fingerprint density at radius 3 is 0.943 bits per heavy atom. The number of phosphoric acid groups is 1. The highest BCUT2D eigenvalue weighted by Crippen LogP contribution is 2.55. The minimum Gasteiger partial charge on any atom is -0.385 e. The molecule has 0 aliphatic rings. The summed E-state index contributed by atoms with van der Waals surface area (Å²) in [6, 6.07) is 13.0. The number of benzene rings is 3. The highest BCUT2D eigenvalue weighted by Gasteiger charge is 2.38. The van der Waals surface area contributed by atoms with E-state index in [2.05, 4.69) is 119 Å². The highest BCUT2D eigenvalue weighted by molar-refractivity contribution is 7.49. The Morgan fingerprint density at radius 1 is 0.453 bits per heavy atom. The summed E-state index contributed by atoms with van der Waals surface area (Å²) >= 11 is 0. The summed E-state index contributed by atoms with van der Waals surface area (Å²) in [4.78, 5) is 0. The van der Waals surface area contributed by atoms with Crippen LogP contribution in [0.25, 0.3) is 0 Å². The van der Waals surface area contributed by atoms with E-state index in [4.69, 9.17) is 13.6 Å². The largest absolute Gasteiger partial charge is 0.647 e. The lowest BCUT2D eigenvalue weighted by molar-refractivity contribution is 0.290. The maximum Gasteiger partial charge on any atom is 0.647 e. The fourth-order valence-corrected chi connectivity index (χ4v) is 9.10. The molecule has 3 unspecified atom stereocenters. The van der Waals surface area contributed by atoms with Crippen LogP contribution in [0.1, 0.15) is 169 Å². The first-order valence-electron chi connectivity index (χ1n) is 21.3. The van der Waals surface area contributed by atoms with Crippen LogP contribution in [0.3, 0.4) is 0 Å². The summed E-state index contributed by atoms with van der Waals surface area (Å²) < 4.78 is 36.6. The third-order valence-electron chi connectivity index (χ3n) is 12.0. The average molecular weight is 747 g/mol. The van der Waals surface area contributed by atoms with Crippen molar-refractivity contribution >= 4 is 7.82 Å². The number of hydrogen-bond donors (Lipinski definition) is 0. The van der Waals surface area contributed by atoms with Crippen LogP contribution in [0.4, 0.5) is 0 Å². The topological polar surface area (TPSA) is 44.8 Å². The molecule has 3 rings (SSSR count). The second-order valence-corrected chi connectivity index (χ2v) is 17.5. The van der Waals surface area contributed by atoms with E-state index in [0.29, 0.717) is 35.0 Å². The van der Waals surface area contributed by atoms with Crippen LogP contribution in [0.2, 0.25) is 0 Å². The molecule has 0 heterocycles. The average Bonchev–Trinajstić information content (AvgIpc) is 3.15. The molecule has 0 spiro atoms. The quantitative estimate of drug-likeness (QED) is 0.0856. The van der Waals surface area contributed by atoms with Gasteiger partial charge in [-0.05, 0) is 129 Å². The number of rotatable bonds is 24. The Morgan fingerprint density at radius 2 is 0.717 bits per heavy atom. The molecule has 53 heavy (non-hydrogen) atoms. The van der Waals surface area contributed by atoms with Gasteiger partial charge >= 0.3 is 7.82 Å². The van der Waals surface area contributed by atoms with Crippen LogP contribution in [0.5, 0.6) is 17.2 Å². The fraction of sp³-hybridized carbons (Fsp3) is 0.625. The van der Waals surface area contributed by atoms with Gasteiger partial charge in [-0.3, -0.25) is 0 Å². The first-order valence-corrected chi connectivity index (χ1v) is 22.8. The monoisotopic (exact) mass is 747 g/mol. The number of phosphoric ester groups is 1. The normalized spacial score (nSPS) is 14.4. The van der Waals surface area contributed by atoms with Crippen LogP contribution in [-0.4, -0.2) is 0 Å². The van der Waals surface area contributed by atoms with Crippen LogP contribution in [-0.2, 0) is 23.8 Å². The molecule has 0 radical (unpaired) electrons. The lowest BCUT2D eigenvalue weighted by atomic mass is 9.90. The van der Waals surface area contributed by atoms with Crippen LogP contribution in [0.15, 0.2) is 36.4 Å². The molecule has 3 atom stereocenters. The van der Waals surface area contributed by atoms with E-state index in [1.807, 2.05) is 0 Å². The van der Waals surface area contributed by atoms with Gasteiger partial charge in [-0.25, -0.2) is 0 Å². The second kappa shape index (κ2) is 22.0. The van der Waals surface area contributed by atoms with Crippen molar-refractivity contribution in [1.29, 1.82) is 0 Å². The van der Waals surface area contributed by atoms with Crippen molar-refractivity contribution in [2.75, 3.05) is 0 Å². The predicted octanol–water partition coefficient (Wildman–Crippen LogP) is 15.5. The first kappa shape index (κ1) is 44.7. The number of aryl methyl sites for hydroxylation is 3. The van der Waals surface area contributed by atoms with Gasteiger partial charge in [0.1, 0.15) is 17.2 Å². The van der Waals surface area contributed by atoms with E-state index in [1.165, 1.54) is 38.5 Å². The first-order chi connectivity index (χ1) is 25.3. The standard InChI is InChI=1S/C48H75O4P/c1-13-19-22-40(16-4)31-43-28-25-34(7)37(10)46(43)50-53(49,51-47-38(11)35(8)26-29-44(47)32-41(17-5)23-20-14-2)52-48-39(12)36(9)27-30-45(48)33-42(18-6)24-21-15-3/h25-30,40-42H,13-24,31-33H2,1-12H3. The van der Waals surface area contributed by atoms with Gasteiger partial charge in [-0.1, -0.05) is 155 Å². The molecule has 0 fully saturated rings. The van der Waals surface area contributed by atoms with E-state index >= 15 is 4.57 Å². The molecule has 0 aliphatic carbocycles. The Hall–Kier alpha value is -2.71. The summed E-state index contributed by atoms with van der Waals surface area (Å²) in [5.74, 6) is 3.47. The minimum absolute atomic E-state index is 0.514. The van der Waals surface area contributed by atoms with E-state index in [-0.39, 0.29) is 0 Å².